The zero-order valence-corrected chi connectivity index (χ0v) is 6.09. The number of nitrogens with zero attached hydrogens (tertiary/aromatic N) is 1. The average molecular weight is 205 g/mol. The SMILES string of the molecule is O=[PH](O)Oc1nccs1.[KH]. The van der Waals surface area contributed by atoms with E-state index in [4.69, 9.17) is 4.89 Å². The fourth-order valence-electron chi connectivity index (χ4n) is 0.335. The van der Waals surface area contributed by atoms with E-state index in [0.717, 1.165) is 0 Å². The number of rotatable bonds is 2. The van der Waals surface area contributed by atoms with Crippen molar-refractivity contribution in [1.29, 1.82) is 0 Å². The molecule has 7 heteroatoms. The summed E-state index contributed by atoms with van der Waals surface area (Å²) < 4.78 is 14.4. The van der Waals surface area contributed by atoms with Crippen LogP contribution in [-0.4, -0.2) is 61.3 Å². The molecule has 52 valence electrons. The quantitative estimate of drug-likeness (QED) is 0.555. The second-order valence-electron chi connectivity index (χ2n) is 1.17. The predicted molar refractivity (Wildman–Crippen MR) is 41.1 cm³/mol. The number of thiazole rings is 1. The summed E-state index contributed by atoms with van der Waals surface area (Å²) in [5, 5.41) is 1.90. The fraction of sp³-hybridized carbons (Fsp3) is 0. The molecule has 0 radical (unpaired) electrons. The molecule has 0 saturated heterocycles. The molecule has 4 nitrogen and oxygen atoms in total. The third kappa shape index (κ3) is 4.20. The van der Waals surface area contributed by atoms with Gasteiger partial charge in [0.15, 0.2) is 0 Å². The van der Waals surface area contributed by atoms with E-state index in [-0.39, 0.29) is 56.6 Å². The molecule has 10 heavy (non-hydrogen) atoms. The van der Waals surface area contributed by atoms with Crippen molar-refractivity contribution in [2.45, 2.75) is 0 Å². The van der Waals surface area contributed by atoms with E-state index in [9.17, 15) is 4.57 Å². The van der Waals surface area contributed by atoms with Crippen LogP contribution in [0.4, 0.5) is 0 Å². The summed E-state index contributed by atoms with van der Waals surface area (Å²) in [5.74, 6) is 0. The Morgan fingerprint density at radius 3 is 2.90 bits per heavy atom. The van der Waals surface area contributed by atoms with E-state index >= 15 is 0 Å². The van der Waals surface area contributed by atoms with Crippen LogP contribution in [0.15, 0.2) is 11.6 Å². The van der Waals surface area contributed by atoms with Crippen LogP contribution in [0.1, 0.15) is 0 Å². The van der Waals surface area contributed by atoms with Gasteiger partial charge in [-0.05, 0) is 0 Å². The van der Waals surface area contributed by atoms with Gasteiger partial charge in [-0.15, -0.1) is 0 Å². The Morgan fingerprint density at radius 1 is 1.80 bits per heavy atom. The molecule has 1 aromatic heterocycles. The van der Waals surface area contributed by atoms with Gasteiger partial charge in [-0.1, -0.05) is 11.3 Å². The average Bonchev–Trinajstić information content (AvgIpc) is 2.15. The van der Waals surface area contributed by atoms with Gasteiger partial charge in [0.1, 0.15) is 0 Å². The Bertz CT molecular complexity index is 204. The first-order valence-electron chi connectivity index (χ1n) is 2.09. The van der Waals surface area contributed by atoms with E-state index in [1.807, 2.05) is 0 Å². The molecule has 0 saturated carbocycles. The normalized spacial score (nSPS) is 11.7. The fourth-order valence-corrected chi connectivity index (χ4v) is 1.30. The predicted octanol–water partition coefficient (Wildman–Crippen LogP) is 0.255. The van der Waals surface area contributed by atoms with Gasteiger partial charge >= 0.3 is 59.6 Å². The molecule has 1 atom stereocenters. The summed E-state index contributed by atoms with van der Waals surface area (Å²) >= 11 is 1.18. The van der Waals surface area contributed by atoms with Gasteiger partial charge in [-0.3, -0.25) is 0 Å². The first-order chi connectivity index (χ1) is 4.29. The monoisotopic (exact) mass is 205 g/mol. The molecule has 0 fully saturated rings. The van der Waals surface area contributed by atoms with Crippen LogP contribution in [-0.2, 0) is 4.57 Å². The van der Waals surface area contributed by atoms with Crippen LogP contribution in [0, 0.1) is 0 Å². The molecule has 0 amide bonds. The van der Waals surface area contributed by atoms with E-state index in [1.54, 1.807) is 5.38 Å². The molecular formula is C3H5KNO3PS. The second kappa shape index (κ2) is 5.85. The van der Waals surface area contributed by atoms with E-state index < -0.39 is 8.25 Å². The third-order valence-electron chi connectivity index (χ3n) is 0.584. The van der Waals surface area contributed by atoms with E-state index in [0.29, 0.717) is 0 Å². The summed E-state index contributed by atoms with van der Waals surface area (Å²) in [6.45, 7) is 0. The maximum atomic E-state index is 10.00. The van der Waals surface area contributed by atoms with Gasteiger partial charge in [0, 0.05) is 11.6 Å². The number of aromatic nitrogens is 1. The van der Waals surface area contributed by atoms with Crippen LogP contribution in [0.3, 0.4) is 0 Å². The Kier molecular flexibility index (Phi) is 6.58. The van der Waals surface area contributed by atoms with Gasteiger partial charge in [0.25, 0.3) is 5.19 Å². The first-order valence-corrected chi connectivity index (χ1v) is 4.23. The van der Waals surface area contributed by atoms with Gasteiger partial charge < -0.3 is 9.42 Å². The van der Waals surface area contributed by atoms with E-state index in [1.165, 1.54) is 17.5 Å². The molecule has 0 spiro atoms. The van der Waals surface area contributed by atoms with Crippen LogP contribution in [0.5, 0.6) is 5.19 Å². The van der Waals surface area contributed by atoms with Crippen molar-refractivity contribution in [3.63, 3.8) is 0 Å². The number of hydrogen-bond acceptors (Lipinski definition) is 4. The van der Waals surface area contributed by atoms with Crippen LogP contribution in [0.25, 0.3) is 0 Å². The number of hydrogen-bond donors (Lipinski definition) is 1. The first kappa shape index (κ1) is 11.3. The van der Waals surface area contributed by atoms with Crippen molar-refractivity contribution in [2.75, 3.05) is 0 Å². The zero-order chi connectivity index (χ0) is 6.69. The minimum absolute atomic E-state index is 0. The molecule has 0 bridgehead atoms. The molecule has 1 heterocycles. The molecule has 1 unspecified atom stereocenters. The Labute approximate surface area is 105 Å². The van der Waals surface area contributed by atoms with Gasteiger partial charge in [0.05, 0.1) is 0 Å². The Balaban J connectivity index is 0.000000810. The molecule has 0 aliphatic rings. The van der Waals surface area contributed by atoms with Gasteiger partial charge in [-0.25, -0.2) is 9.55 Å². The Morgan fingerprint density at radius 2 is 2.50 bits per heavy atom. The minimum atomic E-state index is -2.86. The van der Waals surface area contributed by atoms with Crippen molar-refractivity contribution >= 4 is 71.0 Å². The topological polar surface area (TPSA) is 59.4 Å². The third-order valence-corrected chi connectivity index (χ3v) is 1.75. The second-order valence-corrected chi connectivity index (χ2v) is 2.76. The van der Waals surface area contributed by atoms with Crippen molar-refractivity contribution in [1.82, 2.24) is 4.98 Å². The van der Waals surface area contributed by atoms with Crippen molar-refractivity contribution < 1.29 is 14.0 Å². The standard InChI is InChI=1S/C3H4NO3PS.K.H/c5-8(6)7-3-4-1-2-9-3;;/h1-2,8H,(H,5,6);;. The molecule has 1 N–H and O–H groups in total. The molecular weight excluding hydrogens is 200 g/mol. The van der Waals surface area contributed by atoms with Gasteiger partial charge in [0.2, 0.25) is 0 Å². The van der Waals surface area contributed by atoms with Crippen molar-refractivity contribution in [2.24, 2.45) is 0 Å². The molecule has 0 aromatic carbocycles. The summed E-state index contributed by atoms with van der Waals surface area (Å²) in [5.41, 5.74) is 0. The van der Waals surface area contributed by atoms with Crippen molar-refractivity contribution in [3.8, 4) is 5.19 Å². The summed E-state index contributed by atoms with van der Waals surface area (Å²) in [4.78, 5) is 11.8. The summed E-state index contributed by atoms with van der Waals surface area (Å²) in [6, 6.07) is 0. The molecule has 1 rings (SSSR count). The molecule has 1 aromatic rings. The molecule has 0 aliphatic heterocycles. The Hall–Kier alpha value is 1.26. The zero-order valence-electron chi connectivity index (χ0n) is 4.27. The van der Waals surface area contributed by atoms with Gasteiger partial charge in [-0.2, -0.15) is 0 Å². The van der Waals surface area contributed by atoms with Crippen LogP contribution >= 0.6 is 19.6 Å². The van der Waals surface area contributed by atoms with Crippen molar-refractivity contribution in [3.05, 3.63) is 11.6 Å². The van der Waals surface area contributed by atoms with Crippen LogP contribution in [0.2, 0.25) is 0 Å². The van der Waals surface area contributed by atoms with Crippen LogP contribution < -0.4 is 4.52 Å². The summed E-state index contributed by atoms with van der Waals surface area (Å²) in [7, 11) is -2.86. The van der Waals surface area contributed by atoms with E-state index in [2.05, 4.69) is 9.51 Å². The maximum absolute atomic E-state index is 10.00. The molecule has 0 aliphatic carbocycles. The summed E-state index contributed by atoms with van der Waals surface area (Å²) in [6.07, 6.45) is 1.50.